The lowest BCUT2D eigenvalue weighted by Gasteiger charge is -2.38. The average Bonchev–Trinajstić information content (AvgIpc) is 3.20. The third-order valence-electron chi connectivity index (χ3n) is 5.69. The molecule has 10 nitrogen and oxygen atoms in total. The maximum atomic E-state index is 14.0. The molecule has 0 amide bonds. The fourth-order valence-corrected chi connectivity index (χ4v) is 4.14. The lowest BCUT2D eigenvalue weighted by atomic mass is 10.1. The van der Waals surface area contributed by atoms with Crippen molar-refractivity contribution in [3.05, 3.63) is 24.0 Å². The second-order valence-electron chi connectivity index (χ2n) is 8.62. The molecule has 33 heavy (non-hydrogen) atoms. The van der Waals surface area contributed by atoms with Gasteiger partial charge in [-0.1, -0.05) is 6.07 Å². The molecule has 12 heteroatoms. The second kappa shape index (κ2) is 8.34. The first-order valence-corrected chi connectivity index (χ1v) is 10.8. The molecule has 0 unspecified atom stereocenters. The summed E-state index contributed by atoms with van der Waals surface area (Å²) in [6.07, 6.45) is -2.90. The van der Waals surface area contributed by atoms with E-state index in [1.54, 1.807) is 12.1 Å². The largest absolute Gasteiger partial charge is 0.506 e. The summed E-state index contributed by atoms with van der Waals surface area (Å²) >= 11 is 0. The number of rotatable bonds is 4. The van der Waals surface area contributed by atoms with Crippen LogP contribution in [0.1, 0.15) is 26.1 Å². The number of benzene rings is 1. The van der Waals surface area contributed by atoms with Crippen molar-refractivity contribution in [3.63, 3.8) is 0 Å². The van der Waals surface area contributed by atoms with E-state index < -0.39 is 17.9 Å². The Balaban J connectivity index is 1.69. The van der Waals surface area contributed by atoms with Gasteiger partial charge in [-0.25, -0.2) is 13.8 Å². The van der Waals surface area contributed by atoms with Gasteiger partial charge in [-0.2, -0.15) is 15.0 Å². The SMILES string of the molecule is CC1(C)CN(c2nc(N3CCOCC3)nc(-n3c(C(F)F)nc4c(O)cccc43)n2)CCO1. The minimum atomic E-state index is -2.90. The molecule has 0 atom stereocenters. The molecule has 2 aromatic heterocycles. The number of para-hydroxylation sites is 1. The highest BCUT2D eigenvalue weighted by molar-refractivity contribution is 5.83. The molecule has 2 fully saturated rings. The van der Waals surface area contributed by atoms with Gasteiger partial charge in [-0.05, 0) is 26.0 Å². The van der Waals surface area contributed by atoms with Crippen molar-refractivity contribution in [3.8, 4) is 11.7 Å². The number of phenolic OH excluding ortho intramolecular Hbond substituents is 1. The molecule has 1 aromatic carbocycles. The Morgan fingerprint density at radius 1 is 0.939 bits per heavy atom. The van der Waals surface area contributed by atoms with E-state index in [1.807, 2.05) is 23.6 Å². The Morgan fingerprint density at radius 2 is 1.61 bits per heavy atom. The number of alkyl halides is 2. The van der Waals surface area contributed by atoms with Gasteiger partial charge >= 0.3 is 0 Å². The third kappa shape index (κ3) is 4.15. The van der Waals surface area contributed by atoms with Crippen LogP contribution < -0.4 is 9.80 Å². The fraction of sp³-hybridized carbons (Fsp3) is 0.524. The van der Waals surface area contributed by atoms with Crippen molar-refractivity contribution in [2.45, 2.75) is 25.9 Å². The van der Waals surface area contributed by atoms with Crippen molar-refractivity contribution < 1.29 is 23.4 Å². The molecule has 2 aliphatic rings. The van der Waals surface area contributed by atoms with Crippen molar-refractivity contribution in [2.75, 3.05) is 55.8 Å². The summed E-state index contributed by atoms with van der Waals surface area (Å²) in [5.74, 6) is 0.0451. The monoisotopic (exact) mass is 461 g/mol. The average molecular weight is 461 g/mol. The number of hydrogen-bond donors (Lipinski definition) is 1. The summed E-state index contributed by atoms with van der Waals surface area (Å²) in [5, 5.41) is 10.2. The van der Waals surface area contributed by atoms with Gasteiger partial charge in [0, 0.05) is 26.2 Å². The Labute approximate surface area is 188 Å². The number of halogens is 2. The van der Waals surface area contributed by atoms with Crippen molar-refractivity contribution in [1.82, 2.24) is 24.5 Å². The van der Waals surface area contributed by atoms with Gasteiger partial charge in [0.05, 0.1) is 30.9 Å². The summed E-state index contributed by atoms with van der Waals surface area (Å²) in [6.45, 7) is 7.72. The molecule has 0 aliphatic carbocycles. The first-order chi connectivity index (χ1) is 15.8. The lowest BCUT2D eigenvalue weighted by Crippen LogP contribution is -2.49. The van der Waals surface area contributed by atoms with Crippen LogP contribution in [0.15, 0.2) is 18.2 Å². The fourth-order valence-electron chi connectivity index (χ4n) is 4.14. The smallest absolute Gasteiger partial charge is 0.296 e. The van der Waals surface area contributed by atoms with Crippen LogP contribution in [-0.2, 0) is 9.47 Å². The van der Waals surface area contributed by atoms with Gasteiger partial charge in [-0.15, -0.1) is 0 Å². The maximum absolute atomic E-state index is 14.0. The van der Waals surface area contributed by atoms with Crippen LogP contribution in [0.25, 0.3) is 17.0 Å². The number of anilines is 2. The maximum Gasteiger partial charge on any atom is 0.296 e. The predicted octanol–water partition coefficient (Wildman–Crippen LogP) is 2.31. The predicted molar refractivity (Wildman–Crippen MR) is 116 cm³/mol. The zero-order chi connectivity index (χ0) is 23.2. The van der Waals surface area contributed by atoms with Crippen LogP contribution in [-0.4, -0.2) is 81.2 Å². The van der Waals surface area contributed by atoms with Gasteiger partial charge < -0.3 is 24.4 Å². The molecule has 3 aromatic rings. The number of aromatic nitrogens is 5. The zero-order valence-electron chi connectivity index (χ0n) is 18.4. The van der Waals surface area contributed by atoms with Crippen LogP contribution >= 0.6 is 0 Å². The highest BCUT2D eigenvalue weighted by atomic mass is 19.3. The van der Waals surface area contributed by atoms with Crippen LogP contribution in [0.2, 0.25) is 0 Å². The Hall–Kier alpha value is -3.12. The Morgan fingerprint density at radius 3 is 2.30 bits per heavy atom. The van der Waals surface area contributed by atoms with Crippen molar-refractivity contribution in [1.29, 1.82) is 0 Å². The van der Waals surface area contributed by atoms with Crippen LogP contribution in [0.3, 0.4) is 0 Å². The first kappa shape index (κ1) is 21.7. The zero-order valence-corrected chi connectivity index (χ0v) is 18.4. The standard InChI is InChI=1S/C21H25F2N7O3/c1-21(2)12-29(8-11-33-21)19-25-18(28-6-9-32-10-7-28)26-20(27-19)30-13-4-3-5-14(31)15(13)24-17(30)16(22)23/h3-5,16,31H,6-12H2,1-2H3. The number of morpholine rings is 2. The molecule has 2 saturated heterocycles. The topological polar surface area (TPSA) is 102 Å². The molecular formula is C21H25F2N7O3. The number of hydrogen-bond acceptors (Lipinski definition) is 9. The molecule has 176 valence electrons. The number of fused-ring (bicyclic) bond motifs is 1. The molecular weight excluding hydrogens is 436 g/mol. The Kier molecular flexibility index (Phi) is 5.49. The van der Waals surface area contributed by atoms with Crippen LogP contribution in [0.5, 0.6) is 5.75 Å². The third-order valence-corrected chi connectivity index (χ3v) is 5.69. The van der Waals surface area contributed by atoms with Gasteiger partial charge in [0.1, 0.15) is 11.3 Å². The summed E-state index contributed by atoms with van der Waals surface area (Å²) in [4.78, 5) is 21.7. The minimum absolute atomic E-state index is 0.0224. The van der Waals surface area contributed by atoms with E-state index in [4.69, 9.17) is 9.47 Å². The van der Waals surface area contributed by atoms with Gasteiger partial charge in [0.15, 0.2) is 5.82 Å². The molecule has 0 spiro atoms. The highest BCUT2D eigenvalue weighted by Crippen LogP contribution is 2.32. The number of aromatic hydroxyl groups is 1. The summed E-state index contributed by atoms with van der Waals surface area (Å²) in [6, 6.07) is 4.58. The Bertz CT molecular complexity index is 1160. The number of imidazole rings is 1. The normalized spacial score (nSPS) is 18.9. The van der Waals surface area contributed by atoms with E-state index in [9.17, 15) is 13.9 Å². The molecule has 0 saturated carbocycles. The summed E-state index contributed by atoms with van der Waals surface area (Å²) < 4.78 is 40.4. The summed E-state index contributed by atoms with van der Waals surface area (Å²) in [5.41, 5.74) is -0.0564. The summed E-state index contributed by atoms with van der Waals surface area (Å²) in [7, 11) is 0. The second-order valence-corrected chi connectivity index (χ2v) is 8.62. The van der Waals surface area contributed by atoms with Crippen molar-refractivity contribution >= 4 is 22.9 Å². The molecule has 5 rings (SSSR count). The molecule has 0 radical (unpaired) electrons. The molecule has 1 N–H and O–H groups in total. The lowest BCUT2D eigenvalue weighted by molar-refractivity contribution is -0.0281. The van der Waals surface area contributed by atoms with E-state index in [2.05, 4.69) is 19.9 Å². The number of nitrogens with zero attached hydrogens (tertiary/aromatic N) is 7. The minimum Gasteiger partial charge on any atom is -0.506 e. The number of phenols is 1. The van der Waals surface area contributed by atoms with Gasteiger partial charge in [0.25, 0.3) is 6.43 Å². The van der Waals surface area contributed by atoms with E-state index >= 15 is 0 Å². The first-order valence-electron chi connectivity index (χ1n) is 10.8. The van der Waals surface area contributed by atoms with E-state index in [1.165, 1.54) is 10.6 Å². The highest BCUT2D eigenvalue weighted by Gasteiger charge is 2.31. The van der Waals surface area contributed by atoms with Crippen LogP contribution in [0.4, 0.5) is 20.7 Å². The van der Waals surface area contributed by atoms with Gasteiger partial charge in [0.2, 0.25) is 17.8 Å². The molecule has 2 aliphatic heterocycles. The quantitative estimate of drug-likeness (QED) is 0.627. The van der Waals surface area contributed by atoms with E-state index in [-0.39, 0.29) is 22.7 Å². The van der Waals surface area contributed by atoms with Gasteiger partial charge in [-0.3, -0.25) is 4.57 Å². The van der Waals surface area contributed by atoms with E-state index in [0.29, 0.717) is 57.9 Å². The molecule has 0 bridgehead atoms. The molecule has 4 heterocycles. The van der Waals surface area contributed by atoms with E-state index in [0.717, 1.165) is 0 Å². The van der Waals surface area contributed by atoms with Crippen LogP contribution in [0, 0.1) is 0 Å². The number of ether oxygens (including phenoxy) is 2. The van der Waals surface area contributed by atoms with Crippen molar-refractivity contribution in [2.24, 2.45) is 0 Å².